The maximum absolute atomic E-state index is 13.8. The maximum atomic E-state index is 13.8. The lowest BCUT2D eigenvalue weighted by Crippen LogP contribution is -2.37. The van der Waals surface area contributed by atoms with E-state index in [1.165, 1.54) is 14.2 Å². The standard InChI is InChI=1S/C20H23F2N3O3.HI/c1-4-23-20(25-12-14-10-15(21)6-7-17(14)22)24-11-13-5-8-18(27-2)16(9-13)19(26)28-3;/h5-10H,4,11-12H2,1-3H3,(H2,23,24,25);1H. The van der Waals surface area contributed by atoms with Crippen molar-refractivity contribution in [2.45, 2.75) is 20.0 Å². The van der Waals surface area contributed by atoms with Gasteiger partial charge in [-0.2, -0.15) is 0 Å². The molecular formula is C20H24F2IN3O3. The molecule has 2 aromatic carbocycles. The van der Waals surface area contributed by atoms with E-state index < -0.39 is 17.6 Å². The molecule has 0 radical (unpaired) electrons. The number of hydrogen-bond acceptors (Lipinski definition) is 4. The Balaban J connectivity index is 0.00000420. The van der Waals surface area contributed by atoms with Crippen molar-refractivity contribution < 1.29 is 23.0 Å². The van der Waals surface area contributed by atoms with Gasteiger partial charge < -0.3 is 20.1 Å². The molecular weight excluding hydrogens is 495 g/mol. The Labute approximate surface area is 185 Å². The lowest BCUT2D eigenvalue weighted by Gasteiger charge is -2.12. The van der Waals surface area contributed by atoms with E-state index in [1.54, 1.807) is 18.2 Å². The number of nitrogens with one attached hydrogen (secondary N) is 2. The highest BCUT2D eigenvalue weighted by Crippen LogP contribution is 2.21. The van der Waals surface area contributed by atoms with Crippen LogP contribution in [0.1, 0.15) is 28.4 Å². The summed E-state index contributed by atoms with van der Waals surface area (Å²) in [5.41, 5.74) is 1.26. The van der Waals surface area contributed by atoms with E-state index in [2.05, 4.69) is 15.6 Å². The average molecular weight is 519 g/mol. The Morgan fingerprint density at radius 2 is 1.86 bits per heavy atom. The minimum absolute atomic E-state index is 0. The Hall–Kier alpha value is -2.43. The number of rotatable bonds is 7. The van der Waals surface area contributed by atoms with Crippen LogP contribution in [0, 0.1) is 11.6 Å². The first-order valence-electron chi connectivity index (χ1n) is 8.69. The normalized spacial score (nSPS) is 10.7. The number of guanidine groups is 1. The molecule has 0 unspecified atom stereocenters. The second-order valence-corrected chi connectivity index (χ2v) is 5.81. The summed E-state index contributed by atoms with van der Waals surface area (Å²) in [6.07, 6.45) is 0. The van der Waals surface area contributed by atoms with E-state index in [4.69, 9.17) is 9.47 Å². The van der Waals surface area contributed by atoms with Crippen LogP contribution in [0.2, 0.25) is 0 Å². The van der Waals surface area contributed by atoms with Crippen LogP contribution < -0.4 is 15.4 Å². The number of benzene rings is 2. The van der Waals surface area contributed by atoms with Crippen molar-refractivity contribution >= 4 is 35.9 Å². The summed E-state index contributed by atoms with van der Waals surface area (Å²) in [6.45, 7) is 2.82. The highest BCUT2D eigenvalue weighted by molar-refractivity contribution is 14.0. The molecule has 0 aliphatic rings. The van der Waals surface area contributed by atoms with Crippen molar-refractivity contribution in [2.24, 2.45) is 4.99 Å². The molecule has 0 aliphatic heterocycles. The van der Waals surface area contributed by atoms with Gasteiger partial charge in [0.2, 0.25) is 0 Å². The molecule has 0 aliphatic carbocycles. The Morgan fingerprint density at radius 1 is 1.10 bits per heavy atom. The largest absolute Gasteiger partial charge is 0.496 e. The minimum atomic E-state index is -0.506. The summed E-state index contributed by atoms with van der Waals surface area (Å²) < 4.78 is 37.0. The van der Waals surface area contributed by atoms with Crippen molar-refractivity contribution in [3.05, 3.63) is 64.7 Å². The van der Waals surface area contributed by atoms with Crippen LogP contribution in [0.5, 0.6) is 5.75 Å². The van der Waals surface area contributed by atoms with Crippen LogP contribution in [0.25, 0.3) is 0 Å². The van der Waals surface area contributed by atoms with E-state index in [-0.39, 0.29) is 42.6 Å². The fourth-order valence-electron chi connectivity index (χ4n) is 2.49. The second kappa shape index (κ2) is 12.2. The number of carbonyl (C=O) groups excluding carboxylic acids is 1. The third-order valence-electron chi connectivity index (χ3n) is 3.89. The molecule has 158 valence electrons. The molecule has 9 heteroatoms. The quantitative estimate of drug-likeness (QED) is 0.253. The molecule has 0 fully saturated rings. The van der Waals surface area contributed by atoms with Crippen molar-refractivity contribution in [2.75, 3.05) is 20.8 Å². The van der Waals surface area contributed by atoms with Crippen LogP contribution in [0.15, 0.2) is 41.4 Å². The molecule has 0 bridgehead atoms. The Kier molecular flexibility index (Phi) is 10.4. The third-order valence-corrected chi connectivity index (χ3v) is 3.89. The first-order valence-corrected chi connectivity index (χ1v) is 8.69. The number of esters is 1. The van der Waals surface area contributed by atoms with Gasteiger partial charge in [-0.3, -0.25) is 0 Å². The maximum Gasteiger partial charge on any atom is 0.341 e. The van der Waals surface area contributed by atoms with E-state index in [1.807, 2.05) is 6.92 Å². The summed E-state index contributed by atoms with van der Waals surface area (Å²) >= 11 is 0. The predicted octanol–water partition coefficient (Wildman–Crippen LogP) is 3.63. The number of methoxy groups -OCH3 is 2. The molecule has 0 aromatic heterocycles. The van der Waals surface area contributed by atoms with Crippen LogP contribution >= 0.6 is 24.0 Å². The number of ether oxygens (including phenoxy) is 2. The summed E-state index contributed by atoms with van der Waals surface area (Å²) in [4.78, 5) is 16.3. The van der Waals surface area contributed by atoms with Crippen molar-refractivity contribution in [3.63, 3.8) is 0 Å². The summed E-state index contributed by atoms with van der Waals surface area (Å²) in [6, 6.07) is 8.38. The minimum Gasteiger partial charge on any atom is -0.496 e. The fraction of sp³-hybridized carbons (Fsp3) is 0.300. The Bertz CT molecular complexity index is 863. The lowest BCUT2D eigenvalue weighted by molar-refractivity contribution is 0.0597. The van der Waals surface area contributed by atoms with Crippen LogP contribution in [-0.2, 0) is 17.8 Å². The van der Waals surface area contributed by atoms with Gasteiger partial charge in [0, 0.05) is 18.7 Å². The van der Waals surface area contributed by atoms with Gasteiger partial charge >= 0.3 is 5.97 Å². The van der Waals surface area contributed by atoms with Gasteiger partial charge in [-0.05, 0) is 42.8 Å². The van der Waals surface area contributed by atoms with Crippen molar-refractivity contribution in [1.29, 1.82) is 0 Å². The van der Waals surface area contributed by atoms with Crippen molar-refractivity contribution in [1.82, 2.24) is 10.6 Å². The molecule has 2 rings (SSSR count). The number of carbonyl (C=O) groups is 1. The summed E-state index contributed by atoms with van der Waals surface area (Å²) in [5.74, 6) is -0.668. The number of aliphatic imine (C=N–C) groups is 1. The highest BCUT2D eigenvalue weighted by atomic mass is 127. The molecule has 0 amide bonds. The monoisotopic (exact) mass is 519 g/mol. The average Bonchev–Trinajstić information content (AvgIpc) is 2.71. The fourth-order valence-corrected chi connectivity index (χ4v) is 2.49. The van der Waals surface area contributed by atoms with Crippen LogP contribution in [0.3, 0.4) is 0 Å². The summed E-state index contributed by atoms with van der Waals surface area (Å²) in [5, 5.41) is 6.00. The zero-order valence-corrected chi connectivity index (χ0v) is 18.8. The van der Waals surface area contributed by atoms with E-state index in [0.717, 1.165) is 23.8 Å². The van der Waals surface area contributed by atoms with Gasteiger partial charge in [0.1, 0.15) is 22.9 Å². The third kappa shape index (κ3) is 7.15. The van der Waals surface area contributed by atoms with E-state index in [9.17, 15) is 13.6 Å². The number of halogens is 3. The zero-order chi connectivity index (χ0) is 20.5. The lowest BCUT2D eigenvalue weighted by atomic mass is 10.1. The predicted molar refractivity (Wildman–Crippen MR) is 118 cm³/mol. The topological polar surface area (TPSA) is 72.0 Å². The number of hydrogen-bond donors (Lipinski definition) is 2. The van der Waals surface area contributed by atoms with Gasteiger partial charge in [0.15, 0.2) is 5.96 Å². The van der Waals surface area contributed by atoms with E-state index >= 15 is 0 Å². The van der Waals surface area contributed by atoms with Crippen LogP contribution in [-0.4, -0.2) is 32.7 Å². The Morgan fingerprint density at radius 3 is 2.52 bits per heavy atom. The first kappa shape index (κ1) is 24.6. The van der Waals surface area contributed by atoms with Gasteiger partial charge in [0.25, 0.3) is 0 Å². The molecule has 2 N–H and O–H groups in total. The smallest absolute Gasteiger partial charge is 0.341 e. The molecule has 0 saturated carbocycles. The highest BCUT2D eigenvalue weighted by Gasteiger charge is 2.13. The van der Waals surface area contributed by atoms with Gasteiger partial charge in [-0.15, -0.1) is 24.0 Å². The molecule has 29 heavy (non-hydrogen) atoms. The zero-order valence-electron chi connectivity index (χ0n) is 16.4. The van der Waals surface area contributed by atoms with Crippen LogP contribution in [0.4, 0.5) is 8.78 Å². The molecule has 0 saturated heterocycles. The van der Waals surface area contributed by atoms with Gasteiger partial charge in [-0.1, -0.05) is 6.07 Å². The SMILES string of the molecule is CCNC(=NCc1ccc(OC)c(C(=O)OC)c1)NCc1cc(F)ccc1F.I. The summed E-state index contributed by atoms with van der Waals surface area (Å²) in [7, 11) is 2.77. The van der Waals surface area contributed by atoms with Crippen molar-refractivity contribution in [3.8, 4) is 5.75 Å². The molecule has 0 spiro atoms. The molecule has 6 nitrogen and oxygen atoms in total. The molecule has 2 aromatic rings. The van der Waals surface area contributed by atoms with E-state index in [0.29, 0.717) is 23.8 Å². The molecule has 0 heterocycles. The second-order valence-electron chi connectivity index (χ2n) is 5.81. The number of nitrogens with zero attached hydrogens (tertiary/aromatic N) is 1. The first-order chi connectivity index (χ1) is 13.5. The van der Waals surface area contributed by atoms with Gasteiger partial charge in [0.05, 0.1) is 20.8 Å². The molecule has 0 atom stereocenters. The van der Waals surface area contributed by atoms with Gasteiger partial charge in [-0.25, -0.2) is 18.6 Å².